The molecule has 3 aromatic rings. The number of methoxy groups -OCH3 is 1. The van der Waals surface area contributed by atoms with E-state index in [2.05, 4.69) is 41.5 Å². The number of nitrogens with one attached hydrogen (secondary N) is 2. The molecule has 1 fully saturated rings. The minimum Gasteiger partial charge on any atom is -0.497 e. The fourth-order valence-corrected chi connectivity index (χ4v) is 4.00. The van der Waals surface area contributed by atoms with E-state index >= 15 is 0 Å². The van der Waals surface area contributed by atoms with E-state index in [0.717, 1.165) is 29.5 Å². The summed E-state index contributed by atoms with van der Waals surface area (Å²) in [5.74, 6) is 0.666. The van der Waals surface area contributed by atoms with Crippen LogP contribution in [0.25, 0.3) is 10.9 Å². The first kappa shape index (κ1) is 18.6. The lowest BCUT2D eigenvalue weighted by atomic mass is 9.74. The predicted octanol–water partition coefficient (Wildman–Crippen LogP) is 3.96. The molecule has 1 saturated heterocycles. The molecule has 1 aromatic heterocycles. The van der Waals surface area contributed by atoms with E-state index in [1.54, 1.807) is 13.3 Å². The maximum atomic E-state index is 13.0. The van der Waals surface area contributed by atoms with Crippen LogP contribution in [-0.2, 0) is 10.2 Å². The van der Waals surface area contributed by atoms with Crippen molar-refractivity contribution >= 4 is 16.8 Å². The van der Waals surface area contributed by atoms with Crippen molar-refractivity contribution in [3.05, 3.63) is 65.4 Å². The molecule has 5 nitrogen and oxygen atoms in total. The van der Waals surface area contributed by atoms with Gasteiger partial charge in [0, 0.05) is 42.3 Å². The summed E-state index contributed by atoms with van der Waals surface area (Å²) in [5.41, 5.74) is 3.97. The quantitative estimate of drug-likeness (QED) is 0.706. The highest BCUT2D eigenvalue weighted by Gasteiger charge is 2.35. The van der Waals surface area contributed by atoms with Gasteiger partial charge >= 0.3 is 0 Å². The van der Waals surface area contributed by atoms with Crippen molar-refractivity contribution in [3.63, 3.8) is 0 Å². The summed E-state index contributed by atoms with van der Waals surface area (Å²) in [6, 6.07) is 14.4. The minimum atomic E-state index is -0.0919. The lowest BCUT2D eigenvalue weighted by molar-refractivity contribution is 0.0487. The average Bonchev–Trinajstić information content (AvgIpc) is 3.16. The van der Waals surface area contributed by atoms with Crippen molar-refractivity contribution < 1.29 is 14.3 Å². The number of hydrogen-bond donors (Lipinski definition) is 2. The van der Waals surface area contributed by atoms with Gasteiger partial charge in [-0.15, -0.1) is 0 Å². The van der Waals surface area contributed by atoms with E-state index in [1.165, 1.54) is 11.1 Å². The number of rotatable bonds is 5. The van der Waals surface area contributed by atoms with Crippen LogP contribution in [0.1, 0.15) is 34.3 Å². The van der Waals surface area contributed by atoms with Crippen molar-refractivity contribution in [2.45, 2.75) is 25.2 Å². The number of aromatic amines is 1. The van der Waals surface area contributed by atoms with Crippen LogP contribution < -0.4 is 10.1 Å². The highest BCUT2D eigenvalue weighted by Crippen LogP contribution is 2.34. The van der Waals surface area contributed by atoms with Crippen LogP contribution in [-0.4, -0.2) is 37.8 Å². The molecule has 28 heavy (non-hydrogen) atoms. The Kier molecular flexibility index (Phi) is 5.09. The average molecular weight is 378 g/mol. The van der Waals surface area contributed by atoms with Crippen LogP contribution >= 0.6 is 0 Å². The zero-order valence-corrected chi connectivity index (χ0v) is 16.4. The van der Waals surface area contributed by atoms with Crippen molar-refractivity contribution in [2.75, 3.05) is 26.9 Å². The molecule has 1 amide bonds. The van der Waals surface area contributed by atoms with E-state index in [9.17, 15) is 4.79 Å². The van der Waals surface area contributed by atoms with E-state index < -0.39 is 0 Å². The van der Waals surface area contributed by atoms with Crippen LogP contribution in [0.2, 0.25) is 0 Å². The minimum absolute atomic E-state index is 0.0718. The second kappa shape index (κ2) is 7.68. The van der Waals surface area contributed by atoms with Gasteiger partial charge < -0.3 is 19.8 Å². The predicted molar refractivity (Wildman–Crippen MR) is 110 cm³/mol. The highest BCUT2D eigenvalue weighted by atomic mass is 16.5. The number of benzene rings is 2. The largest absolute Gasteiger partial charge is 0.497 e. The van der Waals surface area contributed by atoms with Crippen molar-refractivity contribution in [1.82, 2.24) is 10.3 Å². The lowest BCUT2D eigenvalue weighted by Crippen LogP contribution is -2.44. The Hall–Kier alpha value is -2.79. The number of amides is 1. The molecule has 0 aliphatic carbocycles. The van der Waals surface area contributed by atoms with Gasteiger partial charge in [-0.3, -0.25) is 4.79 Å². The molecule has 0 atom stereocenters. The molecule has 2 heterocycles. The third kappa shape index (κ3) is 3.50. The molecular weight excluding hydrogens is 352 g/mol. The van der Waals surface area contributed by atoms with Crippen LogP contribution in [0, 0.1) is 6.92 Å². The topological polar surface area (TPSA) is 63.4 Å². The Labute approximate surface area is 165 Å². The number of H-pyrrole nitrogens is 1. The maximum absolute atomic E-state index is 13.0. The number of hydrogen-bond acceptors (Lipinski definition) is 3. The molecule has 0 radical (unpaired) electrons. The Bertz CT molecular complexity index is 969. The Balaban J connectivity index is 1.57. The smallest absolute Gasteiger partial charge is 0.253 e. The van der Waals surface area contributed by atoms with Crippen molar-refractivity contribution in [1.29, 1.82) is 0 Å². The third-order valence-corrected chi connectivity index (χ3v) is 5.83. The molecule has 2 aromatic carbocycles. The van der Waals surface area contributed by atoms with E-state index in [4.69, 9.17) is 9.47 Å². The molecule has 0 spiro atoms. The molecule has 0 unspecified atom stereocenters. The van der Waals surface area contributed by atoms with Crippen molar-refractivity contribution in [3.8, 4) is 5.75 Å². The maximum Gasteiger partial charge on any atom is 0.253 e. The second-order valence-electron chi connectivity index (χ2n) is 7.56. The van der Waals surface area contributed by atoms with E-state index in [0.29, 0.717) is 25.3 Å². The van der Waals surface area contributed by atoms with Gasteiger partial charge in [0.1, 0.15) is 5.75 Å². The SMILES string of the molecule is COc1ccc2[nH]cc(C(=O)NCC3(c4ccc(C)cc4)CCOCC3)c2c1. The zero-order valence-electron chi connectivity index (χ0n) is 16.4. The summed E-state index contributed by atoms with van der Waals surface area (Å²) in [6.07, 6.45) is 3.57. The van der Waals surface area contributed by atoms with Gasteiger partial charge in [0.05, 0.1) is 12.7 Å². The zero-order chi connectivity index (χ0) is 19.6. The highest BCUT2D eigenvalue weighted by molar-refractivity contribution is 6.07. The van der Waals surface area contributed by atoms with Crippen LogP contribution in [0.15, 0.2) is 48.7 Å². The summed E-state index contributed by atoms with van der Waals surface area (Å²) >= 11 is 0. The molecule has 5 heteroatoms. The Morgan fingerprint density at radius 2 is 1.93 bits per heavy atom. The van der Waals surface area contributed by atoms with Gasteiger partial charge in [0.2, 0.25) is 0 Å². The summed E-state index contributed by atoms with van der Waals surface area (Å²) in [5, 5.41) is 4.05. The summed E-state index contributed by atoms with van der Waals surface area (Å²) < 4.78 is 10.9. The number of aryl methyl sites for hydroxylation is 1. The second-order valence-corrected chi connectivity index (χ2v) is 7.56. The number of carbonyl (C=O) groups is 1. The first-order valence-corrected chi connectivity index (χ1v) is 9.69. The monoisotopic (exact) mass is 378 g/mol. The molecule has 0 saturated carbocycles. The van der Waals surface area contributed by atoms with Crippen LogP contribution in [0.3, 0.4) is 0 Å². The number of fused-ring (bicyclic) bond motifs is 1. The first-order chi connectivity index (χ1) is 13.6. The van der Waals surface area contributed by atoms with Crippen LogP contribution in [0.4, 0.5) is 0 Å². The Morgan fingerprint density at radius 1 is 1.18 bits per heavy atom. The number of carbonyl (C=O) groups excluding carboxylic acids is 1. The van der Waals surface area contributed by atoms with Crippen LogP contribution in [0.5, 0.6) is 5.75 Å². The summed E-state index contributed by atoms with van der Waals surface area (Å²) in [7, 11) is 1.63. The normalized spacial score (nSPS) is 16.1. The molecule has 4 rings (SSSR count). The van der Waals surface area contributed by atoms with Gasteiger partial charge in [-0.05, 0) is 43.5 Å². The lowest BCUT2D eigenvalue weighted by Gasteiger charge is -2.38. The van der Waals surface area contributed by atoms with E-state index in [-0.39, 0.29) is 11.3 Å². The molecule has 1 aliphatic heterocycles. The fraction of sp³-hybridized carbons (Fsp3) is 0.348. The van der Waals surface area contributed by atoms with E-state index in [1.807, 2.05) is 18.2 Å². The molecule has 146 valence electrons. The fourth-order valence-electron chi connectivity index (χ4n) is 4.00. The molecule has 1 aliphatic rings. The number of ether oxygens (including phenoxy) is 2. The van der Waals surface area contributed by atoms with Gasteiger partial charge in [-0.25, -0.2) is 0 Å². The standard InChI is InChI=1S/C23H26N2O3/c1-16-3-5-17(6-4-16)23(9-11-28-12-10-23)15-25-22(26)20-14-24-21-8-7-18(27-2)13-19(20)21/h3-8,13-14,24H,9-12,15H2,1-2H3,(H,25,26). The Morgan fingerprint density at radius 3 is 2.64 bits per heavy atom. The molecular formula is C23H26N2O3. The third-order valence-electron chi connectivity index (χ3n) is 5.83. The number of aromatic nitrogens is 1. The van der Waals surface area contributed by atoms with Gasteiger partial charge in [-0.2, -0.15) is 0 Å². The van der Waals surface area contributed by atoms with Gasteiger partial charge in [0.25, 0.3) is 5.91 Å². The summed E-state index contributed by atoms with van der Waals surface area (Å²) in [4.78, 5) is 16.2. The molecule has 0 bridgehead atoms. The molecule has 2 N–H and O–H groups in total. The first-order valence-electron chi connectivity index (χ1n) is 9.69. The van der Waals surface area contributed by atoms with Gasteiger partial charge in [0.15, 0.2) is 0 Å². The van der Waals surface area contributed by atoms with Crippen molar-refractivity contribution in [2.24, 2.45) is 0 Å². The van der Waals surface area contributed by atoms with Gasteiger partial charge in [-0.1, -0.05) is 29.8 Å². The summed E-state index contributed by atoms with van der Waals surface area (Å²) in [6.45, 7) is 4.12.